The Morgan fingerprint density at radius 2 is 2.30 bits per heavy atom. The van der Waals surface area contributed by atoms with Gasteiger partial charge in [-0.2, -0.15) is 0 Å². The van der Waals surface area contributed by atoms with E-state index in [-0.39, 0.29) is 17.8 Å². The number of fused-ring (bicyclic) bond motifs is 1. The van der Waals surface area contributed by atoms with Gasteiger partial charge >= 0.3 is 0 Å². The molecule has 0 spiro atoms. The Morgan fingerprint density at radius 3 is 3.10 bits per heavy atom. The number of carbonyl (C=O) groups is 1. The van der Waals surface area contributed by atoms with E-state index in [0.29, 0.717) is 10.9 Å². The first-order chi connectivity index (χ1) is 9.63. The molecule has 1 aliphatic heterocycles. The molecule has 0 radical (unpaired) electrons. The quantitative estimate of drug-likeness (QED) is 0.893. The van der Waals surface area contributed by atoms with Gasteiger partial charge < -0.3 is 10.6 Å². The fraction of sp³-hybridized carbons (Fsp3) is 0.400. The van der Waals surface area contributed by atoms with E-state index in [2.05, 4.69) is 17.6 Å². The van der Waals surface area contributed by atoms with Gasteiger partial charge in [-0.3, -0.25) is 4.79 Å². The molecule has 1 amide bonds. The summed E-state index contributed by atoms with van der Waals surface area (Å²) in [6, 6.07) is 6.83. The highest BCUT2D eigenvalue weighted by molar-refractivity contribution is 7.20. The molecule has 1 saturated heterocycles. The van der Waals surface area contributed by atoms with Gasteiger partial charge in [0.25, 0.3) is 5.91 Å². The third-order valence-electron chi connectivity index (χ3n) is 3.78. The molecule has 3 rings (SSSR count). The number of amides is 1. The van der Waals surface area contributed by atoms with E-state index in [0.717, 1.165) is 29.5 Å². The molecule has 1 aromatic carbocycles. The van der Waals surface area contributed by atoms with Crippen molar-refractivity contribution in [3.05, 3.63) is 35.0 Å². The smallest absolute Gasteiger partial charge is 0.261 e. The maximum atomic E-state index is 13.2. The van der Waals surface area contributed by atoms with Crippen molar-refractivity contribution in [2.75, 3.05) is 6.54 Å². The number of carbonyl (C=O) groups excluding carboxylic acids is 1. The minimum absolute atomic E-state index is 0.0628. The van der Waals surface area contributed by atoms with Gasteiger partial charge in [0.2, 0.25) is 0 Å². The van der Waals surface area contributed by atoms with Crippen molar-refractivity contribution in [3.8, 4) is 0 Å². The molecule has 2 N–H and O–H groups in total. The highest BCUT2D eigenvalue weighted by Crippen LogP contribution is 2.26. The van der Waals surface area contributed by atoms with Crippen LogP contribution in [0.1, 0.15) is 29.4 Å². The normalized spacial score (nSPS) is 22.9. The molecule has 20 heavy (non-hydrogen) atoms. The first kappa shape index (κ1) is 13.5. The topological polar surface area (TPSA) is 41.1 Å². The molecule has 0 saturated carbocycles. The summed E-state index contributed by atoms with van der Waals surface area (Å²) in [4.78, 5) is 12.9. The van der Waals surface area contributed by atoms with E-state index in [9.17, 15) is 9.18 Å². The SMILES string of the molecule is CC1NCCCC1NC(=O)c1cc2cc(F)ccc2s1. The molecule has 2 heterocycles. The highest BCUT2D eigenvalue weighted by atomic mass is 32.1. The van der Waals surface area contributed by atoms with Crippen molar-refractivity contribution >= 4 is 27.3 Å². The summed E-state index contributed by atoms with van der Waals surface area (Å²) in [6.07, 6.45) is 2.08. The standard InChI is InChI=1S/C15H17FN2OS/c1-9-12(3-2-6-17-9)18-15(19)14-8-10-7-11(16)4-5-13(10)20-14/h4-5,7-9,12,17H,2-3,6H2,1H3,(H,18,19). The summed E-state index contributed by atoms with van der Waals surface area (Å²) in [5, 5.41) is 7.22. The van der Waals surface area contributed by atoms with Crippen molar-refractivity contribution in [3.63, 3.8) is 0 Å². The average molecular weight is 292 g/mol. The van der Waals surface area contributed by atoms with Crippen LogP contribution >= 0.6 is 11.3 Å². The first-order valence-electron chi connectivity index (χ1n) is 6.87. The van der Waals surface area contributed by atoms with Crippen LogP contribution in [0.5, 0.6) is 0 Å². The number of thiophene rings is 1. The van der Waals surface area contributed by atoms with Gasteiger partial charge in [0.1, 0.15) is 5.82 Å². The molecule has 5 heteroatoms. The van der Waals surface area contributed by atoms with Crippen LogP contribution < -0.4 is 10.6 Å². The second-order valence-corrected chi connectivity index (χ2v) is 6.34. The average Bonchev–Trinajstić information content (AvgIpc) is 2.84. The number of hydrogen-bond acceptors (Lipinski definition) is 3. The van der Waals surface area contributed by atoms with Crippen molar-refractivity contribution in [1.29, 1.82) is 0 Å². The molecular formula is C15H17FN2OS. The molecular weight excluding hydrogens is 275 g/mol. The molecule has 0 aliphatic carbocycles. The zero-order valence-electron chi connectivity index (χ0n) is 11.3. The Kier molecular flexibility index (Phi) is 3.72. The van der Waals surface area contributed by atoms with Gasteiger partial charge in [-0.25, -0.2) is 4.39 Å². The lowest BCUT2D eigenvalue weighted by Crippen LogP contribution is -2.51. The molecule has 1 aromatic heterocycles. The van der Waals surface area contributed by atoms with Gasteiger partial charge in [-0.05, 0) is 56.0 Å². The molecule has 2 atom stereocenters. The van der Waals surface area contributed by atoms with Gasteiger partial charge in [-0.1, -0.05) is 0 Å². The molecule has 3 nitrogen and oxygen atoms in total. The number of rotatable bonds is 2. The van der Waals surface area contributed by atoms with Crippen LogP contribution in [-0.4, -0.2) is 24.5 Å². The van der Waals surface area contributed by atoms with Crippen LogP contribution in [0.4, 0.5) is 4.39 Å². The first-order valence-corrected chi connectivity index (χ1v) is 7.68. The molecule has 1 fully saturated rings. The fourth-order valence-electron chi connectivity index (χ4n) is 2.61. The van der Waals surface area contributed by atoms with Gasteiger partial charge in [-0.15, -0.1) is 11.3 Å². The van der Waals surface area contributed by atoms with Crippen LogP contribution in [-0.2, 0) is 0 Å². The third-order valence-corrected chi connectivity index (χ3v) is 4.90. The monoisotopic (exact) mass is 292 g/mol. The maximum absolute atomic E-state index is 13.2. The van der Waals surface area contributed by atoms with Gasteiger partial charge in [0.05, 0.1) is 4.88 Å². The lowest BCUT2D eigenvalue weighted by Gasteiger charge is -2.30. The lowest BCUT2D eigenvalue weighted by atomic mass is 10.00. The molecule has 0 bridgehead atoms. The Bertz CT molecular complexity index is 640. The predicted octanol–water partition coefficient (Wildman–Crippen LogP) is 2.91. The summed E-state index contributed by atoms with van der Waals surface area (Å²) in [7, 11) is 0. The number of halogens is 1. The number of nitrogens with one attached hydrogen (secondary N) is 2. The van der Waals surface area contributed by atoms with E-state index >= 15 is 0 Å². The number of benzene rings is 1. The van der Waals surface area contributed by atoms with E-state index in [1.165, 1.54) is 23.5 Å². The zero-order chi connectivity index (χ0) is 14.1. The fourth-order valence-corrected chi connectivity index (χ4v) is 3.55. The minimum atomic E-state index is -0.271. The summed E-state index contributed by atoms with van der Waals surface area (Å²) in [6.45, 7) is 3.10. The van der Waals surface area contributed by atoms with E-state index in [1.807, 2.05) is 0 Å². The Labute approximate surface area is 121 Å². The number of hydrogen-bond donors (Lipinski definition) is 2. The van der Waals surface area contributed by atoms with Crippen molar-refractivity contribution in [2.24, 2.45) is 0 Å². The van der Waals surface area contributed by atoms with Crippen LogP contribution in [0.3, 0.4) is 0 Å². The van der Waals surface area contributed by atoms with Crippen molar-refractivity contribution in [2.45, 2.75) is 31.8 Å². The maximum Gasteiger partial charge on any atom is 0.261 e. The van der Waals surface area contributed by atoms with E-state index in [4.69, 9.17) is 0 Å². The molecule has 1 aliphatic rings. The summed E-state index contributed by atoms with van der Waals surface area (Å²) in [5.41, 5.74) is 0. The van der Waals surface area contributed by atoms with Gasteiger partial charge in [0, 0.05) is 16.8 Å². The number of piperidine rings is 1. The van der Waals surface area contributed by atoms with Crippen molar-refractivity contribution in [1.82, 2.24) is 10.6 Å². The molecule has 2 unspecified atom stereocenters. The Morgan fingerprint density at radius 1 is 1.45 bits per heavy atom. The van der Waals surface area contributed by atoms with E-state index in [1.54, 1.807) is 12.1 Å². The summed E-state index contributed by atoms with van der Waals surface area (Å²) < 4.78 is 14.1. The van der Waals surface area contributed by atoms with Crippen LogP contribution in [0.25, 0.3) is 10.1 Å². The molecule has 106 valence electrons. The van der Waals surface area contributed by atoms with Crippen LogP contribution in [0.2, 0.25) is 0 Å². The van der Waals surface area contributed by atoms with Gasteiger partial charge in [0.15, 0.2) is 0 Å². The largest absolute Gasteiger partial charge is 0.347 e. The third kappa shape index (κ3) is 2.69. The minimum Gasteiger partial charge on any atom is -0.347 e. The second kappa shape index (κ2) is 5.50. The second-order valence-electron chi connectivity index (χ2n) is 5.26. The zero-order valence-corrected chi connectivity index (χ0v) is 12.1. The lowest BCUT2D eigenvalue weighted by molar-refractivity contribution is 0.0924. The highest BCUT2D eigenvalue weighted by Gasteiger charge is 2.23. The van der Waals surface area contributed by atoms with Crippen LogP contribution in [0, 0.1) is 5.82 Å². The summed E-state index contributed by atoms with van der Waals surface area (Å²) >= 11 is 1.40. The molecule has 2 aromatic rings. The predicted molar refractivity (Wildman–Crippen MR) is 79.7 cm³/mol. The van der Waals surface area contributed by atoms with Crippen molar-refractivity contribution < 1.29 is 9.18 Å². The van der Waals surface area contributed by atoms with Crippen LogP contribution in [0.15, 0.2) is 24.3 Å². The van der Waals surface area contributed by atoms with E-state index < -0.39 is 0 Å². The summed E-state index contributed by atoms with van der Waals surface area (Å²) in [5.74, 6) is -0.334. The Hall–Kier alpha value is -1.46. The Balaban J connectivity index is 1.78.